The normalized spacial score (nSPS) is 16.9. The van der Waals surface area contributed by atoms with Gasteiger partial charge >= 0.3 is 5.97 Å². The van der Waals surface area contributed by atoms with E-state index in [1.807, 2.05) is 62.5 Å². The third kappa shape index (κ3) is 3.41. The van der Waals surface area contributed by atoms with E-state index in [9.17, 15) is 4.79 Å². The number of aromatic nitrogens is 2. The molecule has 3 aromatic carbocycles. The first kappa shape index (κ1) is 24.1. The van der Waals surface area contributed by atoms with Crippen LogP contribution in [0.5, 0.6) is 23.1 Å². The summed E-state index contributed by atoms with van der Waals surface area (Å²) in [6.07, 6.45) is 0.960. The Morgan fingerprint density at radius 1 is 1.00 bits per heavy atom. The van der Waals surface area contributed by atoms with Crippen LogP contribution in [0, 0.1) is 6.92 Å². The average Bonchev–Trinajstić information content (AvgIpc) is 3.38. The van der Waals surface area contributed by atoms with Crippen molar-refractivity contribution in [2.45, 2.75) is 39.7 Å². The summed E-state index contributed by atoms with van der Waals surface area (Å²) in [7, 11) is 1.84. The standard InChI is InChI=1S/C31H31N3O4/c1-6-20-13-15-21(16-14-20)36-27-17-24-26(18-25(27)34(7-2)8-3)37-29-28(19(4)32-33(29)5)31(24)23-12-10-9-11-22(23)30(35)38-31/h9-18H,6-8H2,1-5H3. The Kier molecular flexibility index (Phi) is 5.67. The number of rotatable bonds is 6. The summed E-state index contributed by atoms with van der Waals surface area (Å²) in [4.78, 5) is 15.5. The number of ether oxygens (including phenoxy) is 3. The maximum Gasteiger partial charge on any atom is 0.340 e. The number of nitrogens with zero attached hydrogens (tertiary/aromatic N) is 3. The van der Waals surface area contributed by atoms with Crippen LogP contribution in [-0.4, -0.2) is 28.8 Å². The molecule has 1 spiro atoms. The average molecular weight is 510 g/mol. The van der Waals surface area contributed by atoms with Crippen molar-refractivity contribution in [3.05, 3.63) is 94.2 Å². The van der Waals surface area contributed by atoms with Crippen molar-refractivity contribution in [3.8, 4) is 23.1 Å². The van der Waals surface area contributed by atoms with Crippen LogP contribution in [0.25, 0.3) is 0 Å². The minimum atomic E-state index is -1.19. The number of carbonyl (C=O) groups excluding carboxylic acids is 1. The van der Waals surface area contributed by atoms with Gasteiger partial charge in [0.2, 0.25) is 5.88 Å². The lowest BCUT2D eigenvalue weighted by Crippen LogP contribution is -2.34. The largest absolute Gasteiger partial charge is 0.455 e. The van der Waals surface area contributed by atoms with Crippen molar-refractivity contribution in [1.29, 1.82) is 0 Å². The van der Waals surface area contributed by atoms with Gasteiger partial charge in [-0.05, 0) is 57.0 Å². The minimum Gasteiger partial charge on any atom is -0.455 e. The SMILES string of the molecule is CCc1ccc(Oc2cc3c(cc2N(CC)CC)Oc2c(c(C)nn2C)C32OC(=O)c3ccccc32)cc1. The summed E-state index contributed by atoms with van der Waals surface area (Å²) in [5.74, 6) is 2.22. The molecular weight excluding hydrogens is 478 g/mol. The van der Waals surface area contributed by atoms with E-state index in [0.717, 1.165) is 53.3 Å². The number of hydrogen-bond acceptors (Lipinski definition) is 6. The number of fused-ring (bicyclic) bond motifs is 6. The van der Waals surface area contributed by atoms with E-state index < -0.39 is 5.60 Å². The topological polar surface area (TPSA) is 65.8 Å². The van der Waals surface area contributed by atoms with E-state index in [0.29, 0.717) is 22.9 Å². The van der Waals surface area contributed by atoms with Crippen molar-refractivity contribution in [2.75, 3.05) is 18.0 Å². The van der Waals surface area contributed by atoms with Gasteiger partial charge in [0.1, 0.15) is 11.5 Å². The second-order valence-electron chi connectivity index (χ2n) is 9.70. The number of esters is 1. The van der Waals surface area contributed by atoms with Gasteiger partial charge in [0.15, 0.2) is 11.4 Å². The van der Waals surface area contributed by atoms with Gasteiger partial charge in [-0.2, -0.15) is 5.10 Å². The Balaban J connectivity index is 1.62. The highest BCUT2D eigenvalue weighted by Crippen LogP contribution is 2.58. The first-order valence-electron chi connectivity index (χ1n) is 13.2. The van der Waals surface area contributed by atoms with E-state index in [4.69, 9.17) is 14.2 Å². The van der Waals surface area contributed by atoms with E-state index in [-0.39, 0.29) is 5.97 Å². The molecule has 38 heavy (non-hydrogen) atoms. The molecule has 2 aliphatic rings. The van der Waals surface area contributed by atoms with Crippen molar-refractivity contribution >= 4 is 11.7 Å². The summed E-state index contributed by atoms with van der Waals surface area (Å²) >= 11 is 0. The lowest BCUT2D eigenvalue weighted by molar-refractivity contribution is 0.0220. The zero-order valence-corrected chi connectivity index (χ0v) is 22.4. The molecule has 0 bridgehead atoms. The van der Waals surface area contributed by atoms with Crippen LogP contribution in [-0.2, 0) is 23.8 Å². The zero-order chi connectivity index (χ0) is 26.6. The third-order valence-electron chi connectivity index (χ3n) is 7.60. The summed E-state index contributed by atoms with van der Waals surface area (Å²) in [6, 6.07) is 19.7. The summed E-state index contributed by atoms with van der Waals surface area (Å²) in [6.45, 7) is 9.86. The molecule has 0 saturated carbocycles. The Morgan fingerprint density at radius 2 is 1.74 bits per heavy atom. The maximum atomic E-state index is 13.3. The Hall–Kier alpha value is -4.26. The van der Waals surface area contributed by atoms with E-state index in [1.54, 1.807) is 4.68 Å². The molecule has 2 aliphatic heterocycles. The van der Waals surface area contributed by atoms with E-state index >= 15 is 0 Å². The summed E-state index contributed by atoms with van der Waals surface area (Å²) < 4.78 is 21.1. The van der Waals surface area contributed by atoms with E-state index in [2.05, 4.69) is 42.9 Å². The summed E-state index contributed by atoms with van der Waals surface area (Å²) in [5.41, 5.74) is 4.47. The predicted octanol–water partition coefficient (Wildman–Crippen LogP) is 6.50. The fraction of sp³-hybridized carbons (Fsp3) is 0.290. The van der Waals surface area contributed by atoms with Crippen LogP contribution in [0.3, 0.4) is 0 Å². The molecule has 1 unspecified atom stereocenters. The third-order valence-corrected chi connectivity index (χ3v) is 7.60. The van der Waals surface area contributed by atoms with Crippen LogP contribution in [0.2, 0.25) is 0 Å². The van der Waals surface area contributed by atoms with E-state index in [1.165, 1.54) is 5.56 Å². The highest BCUT2D eigenvalue weighted by Gasteiger charge is 2.56. The van der Waals surface area contributed by atoms with Crippen LogP contribution in [0.4, 0.5) is 5.69 Å². The predicted molar refractivity (Wildman–Crippen MR) is 146 cm³/mol. The lowest BCUT2D eigenvalue weighted by Gasteiger charge is -2.36. The molecule has 0 radical (unpaired) electrons. The molecule has 0 aliphatic carbocycles. The van der Waals surface area contributed by atoms with Gasteiger partial charge < -0.3 is 19.1 Å². The van der Waals surface area contributed by atoms with Gasteiger partial charge in [0.05, 0.1) is 28.1 Å². The molecule has 194 valence electrons. The molecule has 3 heterocycles. The van der Waals surface area contributed by atoms with Crippen molar-refractivity contribution in [2.24, 2.45) is 7.05 Å². The molecule has 0 saturated heterocycles. The second kappa shape index (κ2) is 8.94. The molecule has 6 rings (SSSR count). The van der Waals surface area contributed by atoms with Crippen LogP contribution >= 0.6 is 0 Å². The summed E-state index contributed by atoms with van der Waals surface area (Å²) in [5, 5.41) is 4.65. The zero-order valence-electron chi connectivity index (χ0n) is 22.4. The fourth-order valence-electron chi connectivity index (χ4n) is 5.72. The van der Waals surface area contributed by atoms with Crippen molar-refractivity contribution < 1.29 is 19.0 Å². The highest BCUT2D eigenvalue weighted by molar-refractivity contribution is 5.97. The smallest absolute Gasteiger partial charge is 0.340 e. The van der Waals surface area contributed by atoms with Gasteiger partial charge in [-0.3, -0.25) is 0 Å². The van der Waals surface area contributed by atoms with Gasteiger partial charge in [0, 0.05) is 31.8 Å². The molecule has 0 N–H and O–H groups in total. The molecular formula is C31H31N3O4. The molecule has 0 fully saturated rings. The number of benzene rings is 3. The van der Waals surface area contributed by atoms with Crippen molar-refractivity contribution in [3.63, 3.8) is 0 Å². The van der Waals surface area contributed by atoms with Gasteiger partial charge in [-0.1, -0.05) is 37.3 Å². The van der Waals surface area contributed by atoms with Crippen LogP contribution in [0.15, 0.2) is 60.7 Å². The molecule has 1 aromatic heterocycles. The molecule has 4 aromatic rings. The lowest BCUT2D eigenvalue weighted by atomic mass is 9.78. The van der Waals surface area contributed by atoms with Crippen LogP contribution < -0.4 is 14.4 Å². The number of aryl methyl sites for hydroxylation is 3. The quantitative estimate of drug-likeness (QED) is 0.277. The minimum absolute atomic E-state index is 0.368. The van der Waals surface area contributed by atoms with Crippen LogP contribution in [0.1, 0.15) is 59.1 Å². The second-order valence-corrected chi connectivity index (χ2v) is 9.70. The molecule has 7 nitrogen and oxygen atoms in total. The number of carbonyl (C=O) groups is 1. The molecule has 7 heteroatoms. The first-order chi connectivity index (χ1) is 18.4. The molecule has 1 atom stereocenters. The monoisotopic (exact) mass is 509 g/mol. The maximum absolute atomic E-state index is 13.3. The highest BCUT2D eigenvalue weighted by atomic mass is 16.6. The fourth-order valence-corrected chi connectivity index (χ4v) is 5.72. The first-order valence-corrected chi connectivity index (χ1v) is 13.2. The van der Waals surface area contributed by atoms with Gasteiger partial charge in [0.25, 0.3) is 0 Å². The van der Waals surface area contributed by atoms with Gasteiger partial charge in [-0.25, -0.2) is 9.48 Å². The number of hydrogen-bond donors (Lipinski definition) is 0. The Labute approximate surface area is 222 Å². The van der Waals surface area contributed by atoms with Crippen molar-refractivity contribution in [1.82, 2.24) is 9.78 Å². The Morgan fingerprint density at radius 3 is 2.45 bits per heavy atom. The molecule has 0 amide bonds. The number of anilines is 1. The van der Waals surface area contributed by atoms with Gasteiger partial charge in [-0.15, -0.1) is 0 Å². The Bertz CT molecular complexity index is 1550.